The molecule has 1 rings (SSSR count). The molecule has 0 atom stereocenters. The maximum absolute atomic E-state index is 12.6. The highest BCUT2D eigenvalue weighted by atomic mass is 32.2. The van der Waals surface area contributed by atoms with Crippen LogP contribution in [0.4, 0.5) is 8.78 Å². The van der Waals surface area contributed by atoms with Crippen molar-refractivity contribution in [1.82, 2.24) is 0 Å². The van der Waals surface area contributed by atoms with Crippen molar-refractivity contribution in [2.75, 3.05) is 6.26 Å². The predicted molar refractivity (Wildman–Crippen MR) is 44.9 cm³/mol. The van der Waals surface area contributed by atoms with Crippen LogP contribution in [-0.4, -0.2) is 14.7 Å². The number of halogens is 2. The largest absolute Gasteiger partial charge is 0.229 e. The third-order valence-electron chi connectivity index (χ3n) is 1.41. The van der Waals surface area contributed by atoms with E-state index in [4.69, 9.17) is 0 Å². The van der Waals surface area contributed by atoms with Crippen LogP contribution in [0.5, 0.6) is 0 Å². The fourth-order valence-corrected chi connectivity index (χ4v) is 1.72. The second-order valence-corrected chi connectivity index (χ2v) is 4.96. The van der Waals surface area contributed by atoms with Crippen molar-refractivity contribution in [3.63, 3.8) is 0 Å². The van der Waals surface area contributed by atoms with E-state index in [0.717, 1.165) is 18.4 Å². The number of sulfone groups is 1. The third-order valence-corrected chi connectivity index (χ3v) is 2.27. The first-order valence-corrected chi connectivity index (χ1v) is 5.56. The molecule has 0 aliphatic carbocycles. The van der Waals surface area contributed by atoms with E-state index in [9.17, 15) is 17.2 Å². The molecule has 1 aromatic rings. The highest BCUT2D eigenvalue weighted by Gasteiger charge is 2.07. The molecule has 72 valence electrons. The average Bonchev–Trinajstić information content (AvgIpc) is 1.94. The number of hydrogen-bond acceptors (Lipinski definition) is 2. The summed E-state index contributed by atoms with van der Waals surface area (Å²) in [4.78, 5) is 0. The maximum Gasteiger partial charge on any atom is 0.159 e. The van der Waals surface area contributed by atoms with Crippen LogP contribution in [-0.2, 0) is 15.6 Å². The summed E-state index contributed by atoms with van der Waals surface area (Å²) in [5.41, 5.74) is 0.251. The Bertz CT molecular complexity index is 412. The molecule has 0 heterocycles. The fourth-order valence-electron chi connectivity index (χ4n) is 0.932. The maximum atomic E-state index is 12.6. The Balaban J connectivity index is 2.99. The number of rotatable bonds is 2. The quantitative estimate of drug-likeness (QED) is 0.735. The Morgan fingerprint density at radius 3 is 2.31 bits per heavy atom. The number of hydrogen-bond donors (Lipinski definition) is 0. The van der Waals surface area contributed by atoms with E-state index in [1.165, 1.54) is 6.07 Å². The van der Waals surface area contributed by atoms with E-state index in [-0.39, 0.29) is 11.3 Å². The zero-order valence-electron chi connectivity index (χ0n) is 6.92. The Kier molecular flexibility index (Phi) is 2.66. The molecule has 2 nitrogen and oxygen atoms in total. The van der Waals surface area contributed by atoms with Gasteiger partial charge in [0, 0.05) is 6.26 Å². The molecule has 0 radical (unpaired) electrons. The minimum atomic E-state index is -3.20. The van der Waals surface area contributed by atoms with Crippen molar-refractivity contribution < 1.29 is 17.2 Å². The second-order valence-electron chi connectivity index (χ2n) is 2.82. The van der Waals surface area contributed by atoms with E-state index >= 15 is 0 Å². The Morgan fingerprint density at radius 2 is 1.85 bits per heavy atom. The molecule has 5 heteroatoms. The summed E-state index contributed by atoms with van der Waals surface area (Å²) in [5, 5.41) is 0. The van der Waals surface area contributed by atoms with Crippen LogP contribution in [0.2, 0.25) is 0 Å². The molecule has 0 fully saturated rings. The predicted octanol–water partition coefficient (Wildman–Crippen LogP) is 1.51. The summed E-state index contributed by atoms with van der Waals surface area (Å²) in [6.45, 7) is 0. The molecule has 0 amide bonds. The molecular weight excluding hydrogens is 198 g/mol. The zero-order valence-corrected chi connectivity index (χ0v) is 7.74. The summed E-state index contributed by atoms with van der Waals surface area (Å²) < 4.78 is 46.6. The Labute approximate surface area is 75.1 Å². The van der Waals surface area contributed by atoms with Gasteiger partial charge in [0.05, 0.1) is 5.75 Å². The van der Waals surface area contributed by atoms with Gasteiger partial charge in [-0.25, -0.2) is 17.2 Å². The van der Waals surface area contributed by atoms with E-state index < -0.39 is 21.5 Å². The lowest BCUT2D eigenvalue weighted by Crippen LogP contribution is -2.01. The molecule has 0 saturated carbocycles. The Hall–Kier alpha value is -0.970. The summed E-state index contributed by atoms with van der Waals surface area (Å²) in [6, 6.07) is 3.05. The highest BCUT2D eigenvalue weighted by molar-refractivity contribution is 7.89. The Morgan fingerprint density at radius 1 is 1.23 bits per heavy atom. The van der Waals surface area contributed by atoms with Crippen molar-refractivity contribution in [3.05, 3.63) is 35.4 Å². The zero-order chi connectivity index (χ0) is 10.1. The molecular formula is C8H8F2O2S. The molecule has 0 N–H and O–H groups in total. The van der Waals surface area contributed by atoms with Gasteiger partial charge >= 0.3 is 0 Å². The SMILES string of the molecule is CS(=O)(=O)Cc1ccc(F)c(F)c1. The van der Waals surface area contributed by atoms with Crippen LogP contribution < -0.4 is 0 Å². The van der Waals surface area contributed by atoms with Crippen LogP contribution in [0.25, 0.3) is 0 Å². The monoisotopic (exact) mass is 206 g/mol. The van der Waals surface area contributed by atoms with Gasteiger partial charge in [0.1, 0.15) is 0 Å². The standard InChI is InChI=1S/C8H8F2O2S/c1-13(11,12)5-6-2-3-7(9)8(10)4-6/h2-4H,5H2,1H3. The van der Waals surface area contributed by atoms with Gasteiger partial charge < -0.3 is 0 Å². The van der Waals surface area contributed by atoms with Crippen molar-refractivity contribution in [3.8, 4) is 0 Å². The summed E-state index contributed by atoms with van der Waals surface area (Å²) in [5.74, 6) is -2.28. The number of benzene rings is 1. The minimum Gasteiger partial charge on any atom is -0.229 e. The lowest BCUT2D eigenvalue weighted by Gasteiger charge is -1.99. The molecule has 0 aromatic heterocycles. The van der Waals surface area contributed by atoms with Crippen LogP contribution in [0, 0.1) is 11.6 Å². The molecule has 13 heavy (non-hydrogen) atoms. The molecule has 0 aliphatic rings. The summed E-state index contributed by atoms with van der Waals surface area (Å²) >= 11 is 0. The molecule has 0 saturated heterocycles. The molecule has 1 aromatic carbocycles. The average molecular weight is 206 g/mol. The van der Waals surface area contributed by atoms with Crippen molar-refractivity contribution in [2.24, 2.45) is 0 Å². The van der Waals surface area contributed by atoms with Gasteiger partial charge in [-0.2, -0.15) is 0 Å². The summed E-state index contributed by atoms with van der Waals surface area (Å²) in [6.07, 6.45) is 1.04. The van der Waals surface area contributed by atoms with Gasteiger partial charge in [0.15, 0.2) is 21.5 Å². The molecule has 0 spiro atoms. The minimum absolute atomic E-state index is 0.251. The van der Waals surface area contributed by atoms with Gasteiger partial charge in [0.25, 0.3) is 0 Å². The smallest absolute Gasteiger partial charge is 0.159 e. The second kappa shape index (κ2) is 3.41. The van der Waals surface area contributed by atoms with Crippen molar-refractivity contribution in [2.45, 2.75) is 5.75 Å². The van der Waals surface area contributed by atoms with E-state index in [0.29, 0.717) is 0 Å². The first-order valence-electron chi connectivity index (χ1n) is 3.50. The van der Waals surface area contributed by atoms with Crippen molar-refractivity contribution >= 4 is 9.84 Å². The normalized spacial score (nSPS) is 11.6. The van der Waals surface area contributed by atoms with Gasteiger partial charge in [-0.05, 0) is 17.7 Å². The molecule has 0 aliphatic heterocycles. The van der Waals surface area contributed by atoms with Crippen molar-refractivity contribution in [1.29, 1.82) is 0 Å². The van der Waals surface area contributed by atoms with E-state index in [2.05, 4.69) is 0 Å². The topological polar surface area (TPSA) is 34.1 Å². The summed E-state index contributed by atoms with van der Waals surface area (Å²) in [7, 11) is -3.20. The fraction of sp³-hybridized carbons (Fsp3) is 0.250. The van der Waals surface area contributed by atoms with Crippen LogP contribution in [0.1, 0.15) is 5.56 Å². The molecule has 0 unspecified atom stereocenters. The first-order chi connectivity index (χ1) is 5.88. The van der Waals surface area contributed by atoms with Crippen LogP contribution in [0.3, 0.4) is 0 Å². The lowest BCUT2D eigenvalue weighted by molar-refractivity contribution is 0.507. The van der Waals surface area contributed by atoms with Gasteiger partial charge in [-0.1, -0.05) is 6.07 Å². The third kappa shape index (κ3) is 3.10. The van der Waals surface area contributed by atoms with Gasteiger partial charge in [-0.15, -0.1) is 0 Å². The first kappa shape index (κ1) is 10.1. The van der Waals surface area contributed by atoms with Gasteiger partial charge in [0.2, 0.25) is 0 Å². The van der Waals surface area contributed by atoms with Gasteiger partial charge in [-0.3, -0.25) is 0 Å². The highest BCUT2D eigenvalue weighted by Crippen LogP contribution is 2.10. The van der Waals surface area contributed by atoms with Crippen LogP contribution >= 0.6 is 0 Å². The van der Waals surface area contributed by atoms with E-state index in [1.807, 2.05) is 0 Å². The van der Waals surface area contributed by atoms with Crippen LogP contribution in [0.15, 0.2) is 18.2 Å². The van der Waals surface area contributed by atoms with E-state index in [1.54, 1.807) is 0 Å². The lowest BCUT2D eigenvalue weighted by atomic mass is 10.2. The molecule has 0 bridgehead atoms.